The average molecular weight is 984 g/mol. The van der Waals surface area contributed by atoms with Crippen LogP contribution in [-0.4, -0.2) is 99.5 Å². The van der Waals surface area contributed by atoms with Crippen molar-refractivity contribution in [1.82, 2.24) is 29.1 Å². The second kappa shape index (κ2) is 20.7. The van der Waals surface area contributed by atoms with Crippen molar-refractivity contribution in [3.63, 3.8) is 0 Å². The molecule has 2 aliphatic heterocycles. The molecule has 22 heteroatoms. The molecule has 3 aromatic carbocycles. The smallest absolute Gasteiger partial charge is 0.330 e. The summed E-state index contributed by atoms with van der Waals surface area (Å²) >= 11 is 0. The van der Waals surface area contributed by atoms with E-state index in [1.165, 1.54) is 35.2 Å². The van der Waals surface area contributed by atoms with Crippen LogP contribution in [0.25, 0.3) is 11.2 Å². The van der Waals surface area contributed by atoms with Gasteiger partial charge in [-0.3, -0.25) is 48.2 Å². The molecule has 0 bridgehead atoms. The highest BCUT2D eigenvalue weighted by Gasteiger charge is 2.46. The molecule has 0 aliphatic carbocycles. The van der Waals surface area contributed by atoms with E-state index in [0.717, 1.165) is 16.7 Å². The van der Waals surface area contributed by atoms with E-state index in [2.05, 4.69) is 25.3 Å². The van der Waals surface area contributed by atoms with Crippen molar-refractivity contribution in [2.24, 2.45) is 5.92 Å². The van der Waals surface area contributed by atoms with Crippen LogP contribution < -0.4 is 31.6 Å². The summed E-state index contributed by atoms with van der Waals surface area (Å²) in [5.41, 5.74) is -0.620. The van der Waals surface area contributed by atoms with Crippen LogP contribution in [0, 0.1) is 12.8 Å². The number of nitrogens with zero attached hydrogens (tertiary/aromatic N) is 4. The molecule has 370 valence electrons. The third-order valence-electron chi connectivity index (χ3n) is 12.1. The lowest BCUT2D eigenvalue weighted by atomic mass is 9.80. The van der Waals surface area contributed by atoms with Crippen LogP contribution in [0.3, 0.4) is 0 Å². The fourth-order valence-corrected chi connectivity index (χ4v) is 9.71. The van der Waals surface area contributed by atoms with Crippen LogP contribution in [0.2, 0.25) is 0 Å². The number of carbonyl (C=O) groups excluding carboxylic acids is 2. The van der Waals surface area contributed by atoms with E-state index < -0.39 is 78.8 Å². The molecule has 2 saturated heterocycles. The van der Waals surface area contributed by atoms with Crippen molar-refractivity contribution in [2.45, 2.75) is 83.0 Å². The number of carbonyl (C=O) groups is 2. The number of fused-ring (bicyclic) bond motifs is 1. The maximum absolute atomic E-state index is 14.6. The summed E-state index contributed by atoms with van der Waals surface area (Å²) in [5.74, 6) is -0.218. The Kier molecular flexibility index (Phi) is 14.7. The number of ether oxygens (including phenoxy) is 6. The summed E-state index contributed by atoms with van der Waals surface area (Å²) in [7, 11) is -0.944. The van der Waals surface area contributed by atoms with Gasteiger partial charge in [0.15, 0.2) is 11.2 Å². The van der Waals surface area contributed by atoms with Crippen molar-refractivity contribution in [1.29, 1.82) is 0 Å². The molecule has 3 N–H and O–H groups in total. The number of hydrogen-bond acceptors (Lipinski definition) is 16. The van der Waals surface area contributed by atoms with Crippen LogP contribution in [-0.2, 0) is 47.8 Å². The van der Waals surface area contributed by atoms with Crippen molar-refractivity contribution in [3.05, 3.63) is 145 Å². The Morgan fingerprint density at radius 1 is 0.829 bits per heavy atom. The normalized spacial score (nSPS) is 21.1. The molecule has 0 unspecified atom stereocenters. The quantitative estimate of drug-likeness (QED) is 0.0559. The third kappa shape index (κ3) is 10.5. The number of rotatable bonds is 18. The molecule has 2 fully saturated rings. The number of aryl methyl sites for hydroxylation is 1. The SMILES string of the molecule is COc1ccc(C(OC[C@H]2O[C@@H](n3cc(C)c(=O)[nH]c3=O)C[C@@H]2O[P@](C)(=O)OC[C@H]2O[C@@H](n3cnc4c(=O)[nH]c(NC(=O)C(C)C)nc43)C[C@@H]2OC(C)=O)(c2ccccc2)c2ccc(OC)cc2)cc1. The van der Waals surface area contributed by atoms with Crippen molar-refractivity contribution < 1.29 is 51.6 Å². The summed E-state index contributed by atoms with van der Waals surface area (Å²) in [5, 5.41) is 2.58. The molecule has 2 aliphatic rings. The van der Waals surface area contributed by atoms with Gasteiger partial charge in [0.25, 0.3) is 11.1 Å². The first-order valence-corrected chi connectivity index (χ1v) is 24.4. The van der Waals surface area contributed by atoms with Gasteiger partial charge in [-0.1, -0.05) is 68.4 Å². The second-order valence-electron chi connectivity index (χ2n) is 17.3. The molecule has 0 saturated carbocycles. The number of anilines is 1. The molecule has 0 radical (unpaired) electrons. The van der Waals surface area contributed by atoms with Gasteiger partial charge in [-0.05, 0) is 47.9 Å². The maximum Gasteiger partial charge on any atom is 0.330 e. The summed E-state index contributed by atoms with van der Waals surface area (Å²) in [6.07, 6.45) is -3.08. The van der Waals surface area contributed by atoms with Gasteiger partial charge in [0.1, 0.15) is 47.9 Å². The molecular formula is C48H54N7O14P. The van der Waals surface area contributed by atoms with E-state index in [1.54, 1.807) is 35.0 Å². The Morgan fingerprint density at radius 3 is 2.01 bits per heavy atom. The van der Waals surface area contributed by atoms with E-state index in [9.17, 15) is 28.5 Å². The van der Waals surface area contributed by atoms with E-state index in [1.807, 2.05) is 78.9 Å². The Morgan fingerprint density at radius 2 is 1.41 bits per heavy atom. The Hall–Kier alpha value is -6.74. The zero-order chi connectivity index (χ0) is 49.9. The summed E-state index contributed by atoms with van der Waals surface area (Å²) in [4.78, 5) is 76.9. The lowest BCUT2D eigenvalue weighted by molar-refractivity contribution is -0.150. The van der Waals surface area contributed by atoms with Gasteiger partial charge in [-0.25, -0.2) is 9.78 Å². The Balaban J connectivity index is 1.08. The van der Waals surface area contributed by atoms with Gasteiger partial charge in [-0.15, -0.1) is 0 Å². The maximum atomic E-state index is 14.6. The Labute approximate surface area is 400 Å². The Bertz CT molecular complexity index is 3020. The predicted molar refractivity (Wildman–Crippen MR) is 253 cm³/mol. The topological polar surface area (TPSA) is 256 Å². The molecule has 3 aromatic heterocycles. The minimum Gasteiger partial charge on any atom is -0.497 e. The summed E-state index contributed by atoms with van der Waals surface area (Å²) < 4.78 is 66.3. The number of imidazole rings is 1. The fourth-order valence-electron chi connectivity index (χ4n) is 8.51. The lowest BCUT2D eigenvalue weighted by Gasteiger charge is -2.37. The number of aromatic amines is 2. The largest absolute Gasteiger partial charge is 0.497 e. The van der Waals surface area contributed by atoms with Gasteiger partial charge in [0.05, 0.1) is 39.9 Å². The highest BCUT2D eigenvalue weighted by Crippen LogP contribution is 2.50. The van der Waals surface area contributed by atoms with Crippen LogP contribution in [0.4, 0.5) is 5.95 Å². The fraction of sp³-hybridized carbons (Fsp3) is 0.396. The zero-order valence-corrected chi connectivity index (χ0v) is 40.4. The molecule has 6 aromatic rings. The molecule has 1 amide bonds. The zero-order valence-electron chi connectivity index (χ0n) is 39.5. The monoisotopic (exact) mass is 983 g/mol. The van der Waals surface area contributed by atoms with Gasteiger partial charge < -0.3 is 37.5 Å². The van der Waals surface area contributed by atoms with Crippen molar-refractivity contribution >= 4 is 36.6 Å². The first-order chi connectivity index (χ1) is 33.5. The standard InChI is InChI=1S/C48H54N7O14P/c1-27(2)43(57)51-46-50-42-41(45(59)52-46)49-26-55(42)40-21-35(66-29(4)56)38(68-40)25-65-70(7,61)69-36-22-39(54-23-28(3)44(58)53-47(54)60)67-37(36)24-64-48(30-11-9-8-10-12-30,31-13-17-33(62-5)18-14-31)32-15-19-34(63-6)20-16-32/h8-20,23,26-27,35-40H,21-22,24-25H2,1-7H3,(H,53,58,60)(H2,50,51,52,57,59)/t35-,36-,37+,38+,39+,40+,70+/m0/s1. The number of hydrogen-bond donors (Lipinski definition) is 3. The summed E-state index contributed by atoms with van der Waals surface area (Å²) in [6, 6.07) is 24.5. The molecule has 5 heterocycles. The number of H-pyrrole nitrogens is 2. The number of amides is 1. The molecule has 70 heavy (non-hydrogen) atoms. The van der Waals surface area contributed by atoms with E-state index in [-0.39, 0.29) is 54.6 Å². The average Bonchev–Trinajstić information content (AvgIpc) is 4.07. The van der Waals surface area contributed by atoms with Gasteiger partial charge in [0.2, 0.25) is 11.9 Å². The third-order valence-corrected chi connectivity index (χ3v) is 13.4. The van der Waals surface area contributed by atoms with Crippen LogP contribution >= 0.6 is 7.60 Å². The number of esters is 1. The van der Waals surface area contributed by atoms with Gasteiger partial charge in [0, 0.05) is 44.1 Å². The van der Waals surface area contributed by atoms with Gasteiger partial charge >= 0.3 is 19.3 Å². The van der Waals surface area contributed by atoms with E-state index in [0.29, 0.717) is 11.5 Å². The van der Waals surface area contributed by atoms with Crippen LogP contribution in [0.15, 0.2) is 106 Å². The van der Waals surface area contributed by atoms with E-state index >= 15 is 0 Å². The van der Waals surface area contributed by atoms with Crippen LogP contribution in [0.5, 0.6) is 11.5 Å². The second-order valence-corrected chi connectivity index (χ2v) is 19.3. The number of nitrogens with one attached hydrogen (secondary N) is 3. The number of benzene rings is 3. The molecule has 21 nitrogen and oxygen atoms in total. The minimum absolute atomic E-state index is 0.0229. The minimum atomic E-state index is -4.10. The number of methoxy groups -OCH3 is 2. The molecule has 0 spiro atoms. The number of aromatic nitrogens is 6. The highest BCUT2D eigenvalue weighted by atomic mass is 31.2. The molecule has 8 rings (SSSR count). The van der Waals surface area contributed by atoms with Gasteiger partial charge in [-0.2, -0.15) is 4.98 Å². The summed E-state index contributed by atoms with van der Waals surface area (Å²) in [6.45, 7) is 6.87. The molecule has 7 atom stereocenters. The highest BCUT2D eigenvalue weighted by molar-refractivity contribution is 7.53. The van der Waals surface area contributed by atoms with Crippen LogP contribution in [0.1, 0.15) is 68.3 Å². The lowest BCUT2D eigenvalue weighted by Crippen LogP contribution is -2.38. The first-order valence-electron chi connectivity index (χ1n) is 22.5. The first kappa shape index (κ1) is 49.7. The predicted octanol–water partition coefficient (Wildman–Crippen LogP) is 5.33. The van der Waals surface area contributed by atoms with Crippen molar-refractivity contribution in [2.75, 3.05) is 39.4 Å². The van der Waals surface area contributed by atoms with E-state index in [4.69, 9.17) is 37.5 Å². The van der Waals surface area contributed by atoms with Crippen molar-refractivity contribution in [3.8, 4) is 11.5 Å². The molecular weight excluding hydrogens is 930 g/mol.